The summed E-state index contributed by atoms with van der Waals surface area (Å²) >= 11 is 23.9. The number of halogens is 4. The first-order valence-corrected chi connectivity index (χ1v) is 11.8. The molecule has 2 aromatic rings. The first kappa shape index (κ1) is 24.8. The summed E-state index contributed by atoms with van der Waals surface area (Å²) in [6.45, 7) is 1.11. The Bertz CT molecular complexity index is 897. The molecule has 0 aliphatic heterocycles. The van der Waals surface area contributed by atoms with Gasteiger partial charge in [0.05, 0.1) is 21.4 Å². The highest BCUT2D eigenvalue weighted by molar-refractivity contribution is 6.37. The highest BCUT2D eigenvalue weighted by Crippen LogP contribution is 2.29. The number of anilines is 2. The van der Waals surface area contributed by atoms with Crippen LogP contribution in [-0.4, -0.2) is 25.2 Å². The minimum atomic E-state index is -0.311. The molecule has 3 rings (SSSR count). The largest absolute Gasteiger partial charge is 0.338 e. The highest BCUT2D eigenvalue weighted by atomic mass is 35.5. The van der Waals surface area contributed by atoms with Crippen LogP contribution in [0.5, 0.6) is 0 Å². The van der Waals surface area contributed by atoms with Crippen LogP contribution >= 0.6 is 46.4 Å². The first-order valence-electron chi connectivity index (χ1n) is 10.3. The topological polar surface area (TPSA) is 82.3 Å². The molecule has 0 saturated heterocycles. The number of carbonyl (C=O) groups is 2. The molecule has 1 aliphatic carbocycles. The van der Waals surface area contributed by atoms with Gasteiger partial charge >= 0.3 is 12.1 Å². The number of benzene rings is 2. The van der Waals surface area contributed by atoms with Gasteiger partial charge in [0.15, 0.2) is 0 Å². The Morgan fingerprint density at radius 2 is 1.19 bits per heavy atom. The molecular weight excluding hydrogens is 494 g/mol. The van der Waals surface area contributed by atoms with E-state index >= 15 is 0 Å². The van der Waals surface area contributed by atoms with Crippen LogP contribution in [0.15, 0.2) is 36.4 Å². The predicted octanol–water partition coefficient (Wildman–Crippen LogP) is 7.05. The van der Waals surface area contributed by atoms with E-state index in [1.807, 2.05) is 0 Å². The number of rotatable bonds is 6. The maximum absolute atomic E-state index is 12.2. The summed E-state index contributed by atoms with van der Waals surface area (Å²) in [6, 6.07) is 9.19. The van der Waals surface area contributed by atoms with Crippen LogP contribution in [-0.2, 0) is 0 Å². The van der Waals surface area contributed by atoms with Crippen LogP contribution < -0.4 is 21.3 Å². The Kier molecular flexibility index (Phi) is 9.17. The Labute approximate surface area is 207 Å². The SMILES string of the molecule is O=C(NCC1CCCC(CNC(=O)Nc2ccc(Cl)cc2Cl)C1)Nc1ccc(Cl)cc1Cl. The van der Waals surface area contributed by atoms with Gasteiger partial charge in [-0.25, -0.2) is 9.59 Å². The lowest BCUT2D eigenvalue weighted by atomic mass is 9.81. The van der Waals surface area contributed by atoms with Gasteiger partial charge in [-0.3, -0.25) is 0 Å². The van der Waals surface area contributed by atoms with Gasteiger partial charge in [-0.1, -0.05) is 52.8 Å². The van der Waals surface area contributed by atoms with Crippen molar-refractivity contribution in [3.63, 3.8) is 0 Å². The third-order valence-corrected chi connectivity index (χ3v) is 6.45. The van der Waals surface area contributed by atoms with Crippen molar-refractivity contribution >= 4 is 69.8 Å². The standard InChI is InChI=1S/C22H24Cl4N4O2/c23-15-4-6-19(17(25)9-15)29-21(31)27-11-13-2-1-3-14(8-13)12-28-22(32)30-20-7-5-16(24)10-18(20)26/h4-7,9-10,13-14H,1-3,8,11-12H2,(H2,27,29,31)(H2,28,30,32). The molecule has 0 aromatic heterocycles. The smallest absolute Gasteiger partial charge is 0.319 e. The Morgan fingerprint density at radius 1 is 0.750 bits per heavy atom. The Hall–Kier alpha value is -1.86. The minimum Gasteiger partial charge on any atom is -0.338 e. The average Bonchev–Trinajstić information content (AvgIpc) is 2.75. The van der Waals surface area contributed by atoms with Crippen molar-refractivity contribution in [1.82, 2.24) is 10.6 Å². The molecule has 2 unspecified atom stereocenters. The van der Waals surface area contributed by atoms with Crippen molar-refractivity contribution in [2.45, 2.75) is 25.7 Å². The summed E-state index contributed by atoms with van der Waals surface area (Å²) < 4.78 is 0. The lowest BCUT2D eigenvalue weighted by molar-refractivity contribution is 0.230. The molecule has 32 heavy (non-hydrogen) atoms. The molecule has 10 heteroatoms. The normalized spacial score (nSPS) is 18.0. The molecule has 1 fully saturated rings. The molecule has 1 saturated carbocycles. The monoisotopic (exact) mass is 516 g/mol. The molecule has 0 radical (unpaired) electrons. The van der Waals surface area contributed by atoms with Gasteiger partial charge < -0.3 is 21.3 Å². The van der Waals surface area contributed by atoms with Crippen LogP contribution in [0.3, 0.4) is 0 Å². The first-order chi connectivity index (χ1) is 15.3. The Balaban J connectivity index is 1.40. The molecule has 0 spiro atoms. The van der Waals surface area contributed by atoms with E-state index in [4.69, 9.17) is 46.4 Å². The second kappa shape index (κ2) is 11.8. The van der Waals surface area contributed by atoms with Gasteiger partial charge in [0.1, 0.15) is 0 Å². The van der Waals surface area contributed by atoms with Crippen LogP contribution in [0.25, 0.3) is 0 Å². The number of carbonyl (C=O) groups excluding carboxylic acids is 2. The van der Waals surface area contributed by atoms with E-state index < -0.39 is 0 Å². The molecular formula is C22H24Cl4N4O2. The number of nitrogens with one attached hydrogen (secondary N) is 4. The summed E-state index contributed by atoms with van der Waals surface area (Å²) in [6.07, 6.45) is 4.04. The van der Waals surface area contributed by atoms with E-state index in [-0.39, 0.29) is 12.1 Å². The fourth-order valence-electron chi connectivity index (χ4n) is 3.76. The maximum Gasteiger partial charge on any atom is 0.319 e. The summed E-state index contributed by atoms with van der Waals surface area (Å²) in [7, 11) is 0. The van der Waals surface area contributed by atoms with Crippen molar-refractivity contribution in [1.29, 1.82) is 0 Å². The van der Waals surface area contributed by atoms with Gasteiger partial charge in [0.2, 0.25) is 0 Å². The molecule has 4 N–H and O–H groups in total. The van der Waals surface area contributed by atoms with E-state index in [2.05, 4.69) is 21.3 Å². The van der Waals surface area contributed by atoms with E-state index in [1.165, 1.54) is 0 Å². The molecule has 6 nitrogen and oxygen atoms in total. The van der Waals surface area contributed by atoms with E-state index in [0.29, 0.717) is 56.4 Å². The summed E-state index contributed by atoms with van der Waals surface area (Å²) in [5.41, 5.74) is 1.01. The lowest BCUT2D eigenvalue weighted by Crippen LogP contribution is -2.38. The Morgan fingerprint density at radius 3 is 1.59 bits per heavy atom. The zero-order valence-corrected chi connectivity index (χ0v) is 20.2. The molecule has 4 amide bonds. The van der Waals surface area contributed by atoms with Crippen LogP contribution in [0.4, 0.5) is 21.0 Å². The number of amides is 4. The third-order valence-electron chi connectivity index (χ3n) is 5.35. The second-order valence-corrected chi connectivity index (χ2v) is 9.50. The van der Waals surface area contributed by atoms with Crippen molar-refractivity contribution in [2.24, 2.45) is 11.8 Å². The van der Waals surface area contributed by atoms with E-state index in [0.717, 1.165) is 25.7 Å². The summed E-state index contributed by atoms with van der Waals surface area (Å²) in [4.78, 5) is 24.4. The highest BCUT2D eigenvalue weighted by Gasteiger charge is 2.23. The van der Waals surface area contributed by atoms with Gasteiger partial charge in [-0.05, 0) is 67.5 Å². The van der Waals surface area contributed by atoms with Crippen molar-refractivity contribution in [3.05, 3.63) is 56.5 Å². The minimum absolute atomic E-state index is 0.311. The molecule has 2 aromatic carbocycles. The van der Waals surface area contributed by atoms with E-state index in [9.17, 15) is 9.59 Å². The molecule has 2 atom stereocenters. The van der Waals surface area contributed by atoms with Gasteiger partial charge in [0.25, 0.3) is 0 Å². The molecule has 0 heterocycles. The number of hydrogen-bond acceptors (Lipinski definition) is 2. The van der Waals surface area contributed by atoms with E-state index in [1.54, 1.807) is 36.4 Å². The maximum atomic E-state index is 12.2. The van der Waals surface area contributed by atoms with Crippen LogP contribution in [0, 0.1) is 11.8 Å². The number of hydrogen-bond donors (Lipinski definition) is 4. The van der Waals surface area contributed by atoms with Gasteiger partial charge in [-0.2, -0.15) is 0 Å². The average molecular weight is 518 g/mol. The molecule has 172 valence electrons. The quantitative estimate of drug-likeness (QED) is 0.331. The van der Waals surface area contributed by atoms with Gasteiger partial charge in [0, 0.05) is 23.1 Å². The summed E-state index contributed by atoms with van der Waals surface area (Å²) in [5, 5.41) is 13.1. The third kappa shape index (κ3) is 7.62. The lowest BCUT2D eigenvalue weighted by Gasteiger charge is -2.29. The fourth-order valence-corrected chi connectivity index (χ4v) is 4.67. The van der Waals surface area contributed by atoms with Crippen LogP contribution in [0.2, 0.25) is 20.1 Å². The predicted molar refractivity (Wildman–Crippen MR) is 132 cm³/mol. The van der Waals surface area contributed by atoms with Crippen molar-refractivity contribution < 1.29 is 9.59 Å². The second-order valence-electron chi connectivity index (χ2n) is 7.82. The fraction of sp³-hybridized carbons (Fsp3) is 0.364. The van der Waals surface area contributed by atoms with Crippen molar-refractivity contribution in [2.75, 3.05) is 23.7 Å². The zero-order chi connectivity index (χ0) is 23.1. The van der Waals surface area contributed by atoms with Crippen molar-refractivity contribution in [3.8, 4) is 0 Å². The zero-order valence-electron chi connectivity index (χ0n) is 17.2. The molecule has 0 bridgehead atoms. The van der Waals surface area contributed by atoms with Gasteiger partial charge in [-0.15, -0.1) is 0 Å². The van der Waals surface area contributed by atoms with Crippen LogP contribution in [0.1, 0.15) is 25.7 Å². The molecule has 1 aliphatic rings. The summed E-state index contributed by atoms with van der Waals surface area (Å²) in [5.74, 6) is 0.687. The number of urea groups is 2.